The largest absolute Gasteiger partial charge is 0.396 e. The van der Waals surface area contributed by atoms with E-state index in [2.05, 4.69) is 5.01 Å². The predicted octanol–water partition coefficient (Wildman–Crippen LogP) is 0.228. The normalized spacial score (nSPS) is 19.5. The molecule has 1 fully saturated rings. The van der Waals surface area contributed by atoms with Crippen molar-refractivity contribution in [2.45, 2.75) is 26.2 Å². The fraction of sp³-hybridized carbons (Fsp3) is 0.889. The summed E-state index contributed by atoms with van der Waals surface area (Å²) in [6, 6.07) is 0. The van der Waals surface area contributed by atoms with Crippen LogP contribution in [0.2, 0.25) is 0 Å². The molecule has 0 aromatic carbocycles. The van der Waals surface area contributed by atoms with Crippen LogP contribution >= 0.6 is 0 Å². The summed E-state index contributed by atoms with van der Waals surface area (Å²) < 4.78 is 0. The average Bonchev–Trinajstić information content (AvgIpc) is 2.15. The molecule has 1 saturated heterocycles. The van der Waals surface area contributed by atoms with E-state index >= 15 is 0 Å². The third-order valence-corrected chi connectivity index (χ3v) is 2.33. The van der Waals surface area contributed by atoms with Gasteiger partial charge in [0.15, 0.2) is 0 Å². The molecule has 0 radical (unpaired) electrons. The fourth-order valence-corrected chi connectivity index (χ4v) is 1.64. The van der Waals surface area contributed by atoms with Crippen LogP contribution < -0.4 is 0 Å². The van der Waals surface area contributed by atoms with Gasteiger partial charge in [-0.3, -0.25) is 9.80 Å². The van der Waals surface area contributed by atoms with Crippen LogP contribution in [0, 0.1) is 0 Å². The van der Waals surface area contributed by atoms with Crippen molar-refractivity contribution < 1.29 is 9.90 Å². The van der Waals surface area contributed by atoms with E-state index in [0.717, 1.165) is 19.5 Å². The lowest BCUT2D eigenvalue weighted by Crippen LogP contribution is -2.50. The Bertz CT molecular complexity index is 173. The van der Waals surface area contributed by atoms with Crippen LogP contribution in [0.15, 0.2) is 0 Å². The van der Waals surface area contributed by atoms with Crippen molar-refractivity contribution in [2.75, 3.05) is 26.2 Å². The van der Waals surface area contributed by atoms with E-state index in [9.17, 15) is 4.79 Å². The van der Waals surface area contributed by atoms with Crippen LogP contribution in [0.1, 0.15) is 26.2 Å². The van der Waals surface area contributed by atoms with Gasteiger partial charge in [0, 0.05) is 32.7 Å². The van der Waals surface area contributed by atoms with Crippen molar-refractivity contribution in [1.29, 1.82) is 0 Å². The molecule has 13 heavy (non-hydrogen) atoms. The Balaban J connectivity index is 2.46. The molecule has 0 aromatic rings. The molecule has 1 N–H and O–H groups in total. The summed E-state index contributed by atoms with van der Waals surface area (Å²) in [4.78, 5) is 11.5. The predicted molar refractivity (Wildman–Crippen MR) is 49.9 cm³/mol. The molecule has 0 saturated carbocycles. The van der Waals surface area contributed by atoms with E-state index in [1.165, 1.54) is 0 Å². The second-order valence-electron chi connectivity index (χ2n) is 3.24. The van der Waals surface area contributed by atoms with Gasteiger partial charge in [0.05, 0.1) is 0 Å². The van der Waals surface area contributed by atoms with Crippen LogP contribution in [0.3, 0.4) is 0 Å². The monoisotopic (exact) mass is 186 g/mol. The quantitative estimate of drug-likeness (QED) is 0.683. The number of carbonyl (C=O) groups excluding carboxylic acids is 1. The number of carbonyl (C=O) groups is 1. The topological polar surface area (TPSA) is 43.8 Å². The highest BCUT2D eigenvalue weighted by atomic mass is 16.3. The van der Waals surface area contributed by atoms with E-state index < -0.39 is 0 Å². The second kappa shape index (κ2) is 5.19. The molecule has 76 valence electrons. The molecule has 1 aliphatic rings. The van der Waals surface area contributed by atoms with E-state index in [0.29, 0.717) is 19.4 Å². The maximum absolute atomic E-state index is 11.5. The van der Waals surface area contributed by atoms with Gasteiger partial charge in [-0.15, -0.1) is 0 Å². The van der Waals surface area contributed by atoms with Gasteiger partial charge in [-0.25, -0.2) is 5.01 Å². The van der Waals surface area contributed by atoms with E-state index in [1.54, 1.807) is 5.01 Å². The first-order valence-corrected chi connectivity index (χ1v) is 4.95. The van der Waals surface area contributed by atoms with Crippen molar-refractivity contribution in [3.8, 4) is 0 Å². The van der Waals surface area contributed by atoms with Crippen LogP contribution in [-0.2, 0) is 4.79 Å². The Morgan fingerprint density at radius 3 is 2.92 bits per heavy atom. The number of rotatable bonds is 4. The number of amides is 1. The third-order valence-electron chi connectivity index (χ3n) is 2.33. The van der Waals surface area contributed by atoms with Crippen LogP contribution in [0.4, 0.5) is 0 Å². The fourth-order valence-electron chi connectivity index (χ4n) is 1.64. The molecule has 0 aliphatic carbocycles. The summed E-state index contributed by atoms with van der Waals surface area (Å²) in [6.07, 6.45) is 2.28. The first kappa shape index (κ1) is 10.5. The summed E-state index contributed by atoms with van der Waals surface area (Å²) in [6.45, 7) is 4.69. The second-order valence-corrected chi connectivity index (χ2v) is 3.24. The number of nitrogens with zero attached hydrogens (tertiary/aromatic N) is 2. The number of hydrogen-bond acceptors (Lipinski definition) is 3. The molecule has 1 heterocycles. The first-order chi connectivity index (χ1) is 6.29. The highest BCUT2D eigenvalue weighted by Crippen LogP contribution is 2.11. The lowest BCUT2D eigenvalue weighted by molar-refractivity contribution is -0.155. The number of aliphatic hydroxyl groups excluding tert-OH is 1. The minimum atomic E-state index is 0.154. The Morgan fingerprint density at radius 1 is 1.54 bits per heavy atom. The summed E-state index contributed by atoms with van der Waals surface area (Å²) in [5.74, 6) is 0.196. The average molecular weight is 186 g/mol. The lowest BCUT2D eigenvalue weighted by Gasteiger charge is -2.37. The molecular formula is C9H18N2O2. The standard InChI is InChI=1S/C9H18N2O2/c1-2-10-6-3-5-9(13)11(10)7-4-8-12/h12H,2-8H2,1H3. The van der Waals surface area contributed by atoms with E-state index in [1.807, 2.05) is 6.92 Å². The number of hydrazine groups is 1. The summed E-state index contributed by atoms with van der Waals surface area (Å²) in [5.41, 5.74) is 0. The van der Waals surface area contributed by atoms with Gasteiger partial charge in [-0.05, 0) is 12.8 Å². The number of hydrogen-bond donors (Lipinski definition) is 1. The zero-order valence-corrected chi connectivity index (χ0v) is 8.20. The van der Waals surface area contributed by atoms with Crippen molar-refractivity contribution in [3.63, 3.8) is 0 Å². The molecule has 0 atom stereocenters. The Hall–Kier alpha value is -0.610. The van der Waals surface area contributed by atoms with Gasteiger partial charge in [-0.1, -0.05) is 6.92 Å². The highest BCUT2D eigenvalue weighted by molar-refractivity contribution is 5.76. The van der Waals surface area contributed by atoms with E-state index in [-0.39, 0.29) is 12.5 Å². The Labute approximate surface area is 79.1 Å². The first-order valence-electron chi connectivity index (χ1n) is 4.95. The molecule has 0 aromatic heterocycles. The van der Waals surface area contributed by atoms with Gasteiger partial charge >= 0.3 is 0 Å². The Kier molecular flexibility index (Phi) is 4.18. The molecule has 4 heteroatoms. The van der Waals surface area contributed by atoms with Crippen molar-refractivity contribution >= 4 is 5.91 Å². The summed E-state index contributed by atoms with van der Waals surface area (Å²) >= 11 is 0. The molecule has 1 rings (SSSR count). The highest BCUT2D eigenvalue weighted by Gasteiger charge is 2.23. The maximum Gasteiger partial charge on any atom is 0.236 e. The zero-order chi connectivity index (χ0) is 9.68. The van der Waals surface area contributed by atoms with Gasteiger partial charge in [0.25, 0.3) is 0 Å². The smallest absolute Gasteiger partial charge is 0.236 e. The molecule has 4 nitrogen and oxygen atoms in total. The molecule has 0 unspecified atom stereocenters. The molecule has 1 aliphatic heterocycles. The minimum absolute atomic E-state index is 0.154. The van der Waals surface area contributed by atoms with Gasteiger partial charge in [-0.2, -0.15) is 0 Å². The van der Waals surface area contributed by atoms with Crippen LogP contribution in [0.5, 0.6) is 0 Å². The van der Waals surface area contributed by atoms with Crippen molar-refractivity contribution in [2.24, 2.45) is 0 Å². The van der Waals surface area contributed by atoms with Crippen LogP contribution in [-0.4, -0.2) is 47.3 Å². The van der Waals surface area contributed by atoms with Gasteiger partial charge in [0.2, 0.25) is 5.91 Å². The SMILES string of the molecule is CCN1CCCC(=O)N1CCCO. The molecule has 0 bridgehead atoms. The minimum Gasteiger partial charge on any atom is -0.396 e. The van der Waals surface area contributed by atoms with Gasteiger partial charge < -0.3 is 5.11 Å². The molecular weight excluding hydrogens is 168 g/mol. The molecule has 0 spiro atoms. The summed E-state index contributed by atoms with van der Waals surface area (Å²) in [7, 11) is 0. The zero-order valence-electron chi connectivity index (χ0n) is 8.20. The third kappa shape index (κ3) is 2.67. The van der Waals surface area contributed by atoms with Crippen LogP contribution in [0.25, 0.3) is 0 Å². The molecule has 1 amide bonds. The Morgan fingerprint density at radius 2 is 2.31 bits per heavy atom. The lowest BCUT2D eigenvalue weighted by atomic mass is 10.2. The van der Waals surface area contributed by atoms with Gasteiger partial charge in [0.1, 0.15) is 0 Å². The van der Waals surface area contributed by atoms with Crippen molar-refractivity contribution in [1.82, 2.24) is 10.0 Å². The summed E-state index contributed by atoms with van der Waals surface area (Å²) in [5, 5.41) is 12.5. The maximum atomic E-state index is 11.5. The number of aliphatic hydroxyl groups is 1. The van der Waals surface area contributed by atoms with E-state index in [4.69, 9.17) is 5.11 Å². The van der Waals surface area contributed by atoms with Crippen molar-refractivity contribution in [3.05, 3.63) is 0 Å².